The largest absolute Gasteiger partial charge is 0.480 e. The Hall–Kier alpha value is -0.780. The van der Waals surface area contributed by atoms with Gasteiger partial charge < -0.3 is 15.0 Å². The van der Waals surface area contributed by atoms with Crippen LogP contribution in [0.5, 0.6) is 5.75 Å². The Kier molecular flexibility index (Phi) is 6.97. The van der Waals surface area contributed by atoms with Crippen LogP contribution in [-0.2, 0) is 4.79 Å². The van der Waals surface area contributed by atoms with E-state index in [2.05, 4.69) is 28.2 Å². The van der Waals surface area contributed by atoms with Gasteiger partial charge in [-0.3, -0.25) is 4.79 Å². The second-order valence-corrected chi connectivity index (χ2v) is 6.13. The van der Waals surface area contributed by atoms with E-state index in [1.54, 1.807) is 0 Å². The third-order valence-corrected chi connectivity index (χ3v) is 4.14. The Labute approximate surface area is 140 Å². The van der Waals surface area contributed by atoms with E-state index in [0.717, 1.165) is 29.7 Å². The van der Waals surface area contributed by atoms with Crippen molar-refractivity contribution in [2.45, 2.75) is 32.9 Å². The molecule has 118 valence electrons. The molecule has 1 unspecified atom stereocenters. The first-order chi connectivity index (χ1) is 9.49. The first kappa shape index (κ1) is 18.3. The second-order valence-electron chi connectivity index (χ2n) is 5.28. The molecule has 1 N–H and O–H groups in total. The number of benzene rings is 1. The van der Waals surface area contributed by atoms with Crippen molar-refractivity contribution in [3.63, 3.8) is 0 Å². The maximum atomic E-state index is 12.4. The highest BCUT2D eigenvalue weighted by molar-refractivity contribution is 9.10. The van der Waals surface area contributed by atoms with Crippen LogP contribution < -0.4 is 10.1 Å². The summed E-state index contributed by atoms with van der Waals surface area (Å²) in [6.07, 6.45) is -0.477. The summed E-state index contributed by atoms with van der Waals surface area (Å²) >= 11 is 3.47. The number of ether oxygens (including phenoxy) is 1. The van der Waals surface area contributed by atoms with Crippen molar-refractivity contribution < 1.29 is 9.53 Å². The summed E-state index contributed by atoms with van der Waals surface area (Å²) in [5.41, 5.74) is 1.15. The van der Waals surface area contributed by atoms with Crippen molar-refractivity contribution in [1.29, 1.82) is 0 Å². The fourth-order valence-electron chi connectivity index (χ4n) is 2.34. The van der Waals surface area contributed by atoms with Crippen molar-refractivity contribution in [1.82, 2.24) is 10.2 Å². The van der Waals surface area contributed by atoms with Gasteiger partial charge >= 0.3 is 0 Å². The molecular formula is C15H22BrClN2O2. The van der Waals surface area contributed by atoms with E-state index in [1.807, 2.05) is 36.9 Å². The minimum atomic E-state index is -0.477. The van der Waals surface area contributed by atoms with Crippen LogP contribution in [0.2, 0.25) is 0 Å². The van der Waals surface area contributed by atoms with E-state index in [1.165, 1.54) is 0 Å². The molecule has 21 heavy (non-hydrogen) atoms. The number of carbonyl (C=O) groups excluding carboxylic acids is 1. The molecule has 1 aliphatic heterocycles. The van der Waals surface area contributed by atoms with Crippen molar-refractivity contribution in [3.8, 4) is 5.75 Å². The minimum absolute atomic E-state index is 0. The van der Waals surface area contributed by atoms with Crippen molar-refractivity contribution in [2.24, 2.45) is 0 Å². The van der Waals surface area contributed by atoms with Gasteiger partial charge in [-0.2, -0.15) is 0 Å². The van der Waals surface area contributed by atoms with Gasteiger partial charge in [0.05, 0.1) is 4.47 Å². The third-order valence-electron chi connectivity index (χ3n) is 3.52. The smallest absolute Gasteiger partial charge is 0.263 e. The predicted octanol–water partition coefficient (Wildman–Crippen LogP) is 2.77. The lowest BCUT2D eigenvalue weighted by Gasteiger charge is -2.35. The zero-order valence-corrected chi connectivity index (χ0v) is 15.0. The SMILES string of the molecule is Cc1ccc(OC(C)C(=O)N2CCNC[C@H]2C)c(Br)c1.Cl. The molecule has 0 aliphatic carbocycles. The summed E-state index contributed by atoms with van der Waals surface area (Å²) in [6, 6.07) is 6.07. The summed E-state index contributed by atoms with van der Waals surface area (Å²) in [5, 5.41) is 3.28. The van der Waals surface area contributed by atoms with Crippen molar-refractivity contribution in [2.75, 3.05) is 19.6 Å². The average molecular weight is 378 g/mol. The van der Waals surface area contributed by atoms with Gasteiger partial charge in [0.15, 0.2) is 6.10 Å². The molecule has 1 fully saturated rings. The highest BCUT2D eigenvalue weighted by atomic mass is 79.9. The van der Waals surface area contributed by atoms with Crippen LogP contribution in [0.1, 0.15) is 19.4 Å². The van der Waals surface area contributed by atoms with E-state index in [9.17, 15) is 4.79 Å². The summed E-state index contributed by atoms with van der Waals surface area (Å²) in [5.74, 6) is 0.755. The van der Waals surface area contributed by atoms with Crippen LogP contribution in [0.3, 0.4) is 0 Å². The number of aryl methyl sites for hydroxylation is 1. The predicted molar refractivity (Wildman–Crippen MR) is 90.3 cm³/mol. The molecule has 0 saturated carbocycles. The number of hydrogen-bond donors (Lipinski definition) is 1. The van der Waals surface area contributed by atoms with Crippen LogP contribution in [0.15, 0.2) is 22.7 Å². The van der Waals surface area contributed by atoms with Gasteiger partial charge in [0.1, 0.15) is 5.75 Å². The molecule has 6 heteroatoms. The van der Waals surface area contributed by atoms with Gasteiger partial charge in [0.2, 0.25) is 0 Å². The molecular weight excluding hydrogens is 356 g/mol. The normalized spacial score (nSPS) is 19.6. The lowest BCUT2D eigenvalue weighted by Crippen LogP contribution is -2.55. The fraction of sp³-hybridized carbons (Fsp3) is 0.533. The zero-order chi connectivity index (χ0) is 14.7. The van der Waals surface area contributed by atoms with Crippen LogP contribution in [0.4, 0.5) is 0 Å². The van der Waals surface area contributed by atoms with Gasteiger partial charge in [-0.25, -0.2) is 0 Å². The molecule has 4 nitrogen and oxygen atoms in total. The van der Waals surface area contributed by atoms with Crippen molar-refractivity contribution in [3.05, 3.63) is 28.2 Å². The van der Waals surface area contributed by atoms with Crippen LogP contribution in [0.25, 0.3) is 0 Å². The lowest BCUT2D eigenvalue weighted by atomic mass is 10.2. The monoisotopic (exact) mass is 376 g/mol. The number of carbonyl (C=O) groups is 1. The number of halogens is 2. The molecule has 1 aromatic rings. The van der Waals surface area contributed by atoms with Gasteiger partial charge in [-0.1, -0.05) is 6.07 Å². The van der Waals surface area contributed by atoms with E-state index in [-0.39, 0.29) is 24.4 Å². The van der Waals surface area contributed by atoms with E-state index in [4.69, 9.17) is 4.74 Å². The van der Waals surface area contributed by atoms with E-state index < -0.39 is 6.10 Å². The highest BCUT2D eigenvalue weighted by Gasteiger charge is 2.28. The first-order valence-electron chi connectivity index (χ1n) is 6.93. The van der Waals surface area contributed by atoms with Gasteiger partial charge in [-0.15, -0.1) is 12.4 Å². The Bertz CT molecular complexity index is 499. The molecule has 0 aromatic heterocycles. The number of amides is 1. The Balaban J connectivity index is 0.00000220. The summed E-state index contributed by atoms with van der Waals surface area (Å²) in [4.78, 5) is 14.3. The number of rotatable bonds is 3. The summed E-state index contributed by atoms with van der Waals surface area (Å²) < 4.78 is 6.69. The molecule has 0 spiro atoms. The van der Waals surface area contributed by atoms with Crippen LogP contribution >= 0.6 is 28.3 Å². The van der Waals surface area contributed by atoms with Crippen LogP contribution in [-0.4, -0.2) is 42.6 Å². The molecule has 1 aromatic carbocycles. The molecule has 1 saturated heterocycles. The molecule has 2 rings (SSSR count). The number of hydrogen-bond acceptors (Lipinski definition) is 3. The molecule has 1 amide bonds. The quantitative estimate of drug-likeness (QED) is 0.880. The molecule has 2 atom stereocenters. The van der Waals surface area contributed by atoms with E-state index in [0.29, 0.717) is 5.75 Å². The zero-order valence-electron chi connectivity index (χ0n) is 12.6. The average Bonchev–Trinajstić information content (AvgIpc) is 2.41. The Morgan fingerprint density at radius 1 is 1.52 bits per heavy atom. The Morgan fingerprint density at radius 3 is 2.86 bits per heavy atom. The maximum Gasteiger partial charge on any atom is 0.263 e. The topological polar surface area (TPSA) is 41.6 Å². The molecule has 1 aliphatic rings. The number of piperazine rings is 1. The second kappa shape index (κ2) is 8.01. The standard InChI is InChI=1S/C15H21BrN2O2.ClH/c1-10-4-5-14(13(16)8-10)20-12(3)15(19)18-7-6-17-9-11(18)2;/h4-5,8,11-12,17H,6-7,9H2,1-3H3;1H/t11-,12?;/m1./s1. The molecule has 0 radical (unpaired) electrons. The minimum Gasteiger partial charge on any atom is -0.480 e. The number of nitrogens with zero attached hydrogens (tertiary/aromatic N) is 1. The van der Waals surface area contributed by atoms with Gasteiger partial charge in [0.25, 0.3) is 5.91 Å². The summed E-state index contributed by atoms with van der Waals surface area (Å²) in [7, 11) is 0. The Morgan fingerprint density at radius 2 is 2.24 bits per heavy atom. The maximum absolute atomic E-state index is 12.4. The van der Waals surface area contributed by atoms with Crippen molar-refractivity contribution >= 4 is 34.2 Å². The summed E-state index contributed by atoms with van der Waals surface area (Å²) in [6.45, 7) is 8.31. The van der Waals surface area contributed by atoms with Gasteiger partial charge in [0, 0.05) is 25.7 Å². The van der Waals surface area contributed by atoms with E-state index >= 15 is 0 Å². The van der Waals surface area contributed by atoms with Crippen LogP contribution in [0, 0.1) is 6.92 Å². The molecule has 0 bridgehead atoms. The molecule has 1 heterocycles. The third kappa shape index (κ3) is 4.59. The lowest BCUT2D eigenvalue weighted by molar-refractivity contribution is -0.140. The first-order valence-corrected chi connectivity index (χ1v) is 7.72. The fourth-order valence-corrected chi connectivity index (χ4v) is 2.93. The number of nitrogens with one attached hydrogen (secondary N) is 1. The van der Waals surface area contributed by atoms with Gasteiger partial charge in [-0.05, 0) is 54.4 Å². The highest BCUT2D eigenvalue weighted by Crippen LogP contribution is 2.27.